The van der Waals surface area contributed by atoms with E-state index in [2.05, 4.69) is 9.38 Å². The van der Waals surface area contributed by atoms with Gasteiger partial charge in [-0.25, -0.2) is 9.97 Å². The van der Waals surface area contributed by atoms with Crippen LogP contribution in [-0.4, -0.2) is 30.0 Å². The molecule has 0 spiro atoms. The van der Waals surface area contributed by atoms with Gasteiger partial charge in [0, 0.05) is 17.3 Å². The van der Waals surface area contributed by atoms with E-state index in [1.54, 1.807) is 13.8 Å². The summed E-state index contributed by atoms with van der Waals surface area (Å²) in [6.45, 7) is 7.63. The predicted octanol–water partition coefficient (Wildman–Crippen LogP) is 3.77. The third-order valence-corrected chi connectivity index (χ3v) is 5.12. The Kier molecular flexibility index (Phi) is 4.28. The fraction of sp³-hybridized carbons (Fsp3) is 0.364. The highest BCUT2D eigenvalue weighted by molar-refractivity contribution is 5.85. The van der Waals surface area contributed by atoms with Crippen molar-refractivity contribution in [2.24, 2.45) is 5.73 Å². The first-order valence-corrected chi connectivity index (χ1v) is 9.59. The average molecular weight is 377 g/mol. The van der Waals surface area contributed by atoms with Gasteiger partial charge >= 0.3 is 0 Å². The van der Waals surface area contributed by atoms with Crippen LogP contribution in [0.2, 0.25) is 0 Å². The van der Waals surface area contributed by atoms with Crippen molar-refractivity contribution in [3.8, 4) is 11.3 Å². The van der Waals surface area contributed by atoms with Gasteiger partial charge in [0.15, 0.2) is 5.65 Å². The van der Waals surface area contributed by atoms with Gasteiger partial charge in [0.25, 0.3) is 0 Å². The van der Waals surface area contributed by atoms with Gasteiger partial charge in [0.2, 0.25) is 0 Å². The first-order valence-electron chi connectivity index (χ1n) is 9.59. The standard InChI is InChI=1S/C22H27N5O/c1-21(2,23)11-9-16-19-18(14-5-7-15(8-6-14)22(3,4)28)25-13-27(19)17-10-12-24-20(17)26-16/h5-8,10,12-13,24,28H,9,11,23H2,1-4H3. The van der Waals surface area contributed by atoms with Gasteiger partial charge in [-0.15, -0.1) is 0 Å². The lowest BCUT2D eigenvalue weighted by Gasteiger charge is -2.18. The van der Waals surface area contributed by atoms with Crippen molar-refractivity contribution in [1.29, 1.82) is 0 Å². The molecular formula is C22H27N5O. The van der Waals surface area contributed by atoms with Gasteiger partial charge in [-0.3, -0.25) is 4.40 Å². The Hall–Kier alpha value is -2.70. The number of H-pyrrole nitrogens is 1. The Morgan fingerprint density at radius 1 is 1.11 bits per heavy atom. The molecule has 0 unspecified atom stereocenters. The van der Waals surface area contributed by atoms with Crippen molar-refractivity contribution in [2.45, 2.75) is 51.7 Å². The molecule has 0 amide bonds. The molecule has 4 N–H and O–H groups in total. The van der Waals surface area contributed by atoms with E-state index in [1.165, 1.54) is 0 Å². The molecule has 1 aromatic carbocycles. The fourth-order valence-electron chi connectivity index (χ4n) is 3.49. The minimum atomic E-state index is -0.870. The third kappa shape index (κ3) is 3.41. The van der Waals surface area contributed by atoms with Crippen LogP contribution in [0.1, 0.15) is 45.4 Å². The van der Waals surface area contributed by atoms with Crippen LogP contribution in [0.15, 0.2) is 42.9 Å². The molecule has 0 aliphatic rings. The first kappa shape index (κ1) is 18.7. The largest absolute Gasteiger partial charge is 0.386 e. The first-order chi connectivity index (χ1) is 13.1. The number of aromatic amines is 1. The van der Waals surface area contributed by atoms with E-state index in [-0.39, 0.29) is 5.54 Å². The van der Waals surface area contributed by atoms with Gasteiger partial charge in [0.05, 0.1) is 28.0 Å². The van der Waals surface area contributed by atoms with Crippen molar-refractivity contribution >= 4 is 16.7 Å². The number of imidazole rings is 1. The molecule has 0 radical (unpaired) electrons. The Bertz CT molecular complexity index is 1120. The number of aliphatic hydroxyl groups is 1. The van der Waals surface area contributed by atoms with Crippen LogP contribution in [0.3, 0.4) is 0 Å². The minimum Gasteiger partial charge on any atom is -0.386 e. The maximum atomic E-state index is 10.2. The molecule has 3 aromatic heterocycles. The van der Waals surface area contributed by atoms with Crippen LogP contribution < -0.4 is 5.73 Å². The van der Waals surface area contributed by atoms with Crippen molar-refractivity contribution in [1.82, 2.24) is 19.4 Å². The maximum Gasteiger partial charge on any atom is 0.154 e. The van der Waals surface area contributed by atoms with Crippen LogP contribution in [0.5, 0.6) is 0 Å². The van der Waals surface area contributed by atoms with E-state index in [9.17, 15) is 5.11 Å². The number of hydrogen-bond acceptors (Lipinski definition) is 4. The molecular weight excluding hydrogens is 350 g/mol. The van der Waals surface area contributed by atoms with E-state index in [4.69, 9.17) is 15.7 Å². The molecule has 0 saturated carbocycles. The average Bonchev–Trinajstić information content (AvgIpc) is 3.24. The zero-order valence-corrected chi connectivity index (χ0v) is 16.8. The van der Waals surface area contributed by atoms with E-state index in [1.807, 2.05) is 56.7 Å². The number of benzene rings is 1. The number of hydrogen-bond donors (Lipinski definition) is 3. The Morgan fingerprint density at radius 2 is 1.82 bits per heavy atom. The Labute approximate surface area is 164 Å². The van der Waals surface area contributed by atoms with Gasteiger partial charge in [0.1, 0.15) is 6.33 Å². The summed E-state index contributed by atoms with van der Waals surface area (Å²) in [5.41, 5.74) is 11.7. The normalized spacial score (nSPS) is 12.9. The quantitative estimate of drug-likeness (QED) is 0.493. The minimum absolute atomic E-state index is 0.266. The molecule has 0 fully saturated rings. The zero-order chi connectivity index (χ0) is 20.1. The van der Waals surface area contributed by atoms with E-state index in [0.29, 0.717) is 0 Å². The molecule has 4 rings (SSSR count). The number of nitrogens with two attached hydrogens (primary N) is 1. The van der Waals surface area contributed by atoms with E-state index < -0.39 is 5.60 Å². The fourth-order valence-corrected chi connectivity index (χ4v) is 3.49. The topological polar surface area (TPSA) is 92.2 Å². The van der Waals surface area contributed by atoms with Crippen LogP contribution in [0.4, 0.5) is 0 Å². The lowest BCUT2D eigenvalue weighted by molar-refractivity contribution is 0.0786. The summed E-state index contributed by atoms with van der Waals surface area (Å²) in [6, 6.07) is 9.92. The second-order valence-corrected chi connectivity index (χ2v) is 8.71. The molecule has 0 atom stereocenters. The molecule has 0 bridgehead atoms. The van der Waals surface area contributed by atoms with Crippen molar-refractivity contribution < 1.29 is 5.11 Å². The van der Waals surface area contributed by atoms with Crippen molar-refractivity contribution in [2.75, 3.05) is 0 Å². The third-order valence-electron chi connectivity index (χ3n) is 5.12. The molecule has 146 valence electrons. The monoisotopic (exact) mass is 377 g/mol. The number of aryl methyl sites for hydroxylation is 1. The SMILES string of the molecule is CC(C)(N)CCc1nc2[nH]ccc2n2cnc(-c3ccc(C(C)(C)O)cc3)c12. The van der Waals surface area contributed by atoms with E-state index in [0.717, 1.165) is 52.0 Å². The molecule has 0 aliphatic heterocycles. The molecule has 6 heteroatoms. The summed E-state index contributed by atoms with van der Waals surface area (Å²) in [4.78, 5) is 12.8. The molecule has 4 aromatic rings. The number of aromatic nitrogens is 4. The maximum absolute atomic E-state index is 10.2. The summed E-state index contributed by atoms with van der Waals surface area (Å²) in [7, 11) is 0. The van der Waals surface area contributed by atoms with Crippen LogP contribution in [0, 0.1) is 0 Å². The lowest BCUT2D eigenvalue weighted by Crippen LogP contribution is -2.32. The highest BCUT2D eigenvalue weighted by Gasteiger charge is 2.20. The Morgan fingerprint density at radius 3 is 2.46 bits per heavy atom. The molecule has 3 heterocycles. The van der Waals surface area contributed by atoms with Gasteiger partial charge in [-0.1, -0.05) is 24.3 Å². The lowest BCUT2D eigenvalue weighted by atomic mass is 9.95. The molecule has 0 saturated heterocycles. The summed E-state index contributed by atoms with van der Waals surface area (Å²) in [6.07, 6.45) is 5.33. The van der Waals surface area contributed by atoms with Gasteiger partial charge in [-0.05, 0) is 52.2 Å². The summed E-state index contributed by atoms with van der Waals surface area (Å²) < 4.78 is 2.09. The summed E-state index contributed by atoms with van der Waals surface area (Å²) in [5, 5.41) is 10.2. The molecule has 6 nitrogen and oxygen atoms in total. The number of nitrogens with zero attached hydrogens (tertiary/aromatic N) is 3. The van der Waals surface area contributed by atoms with E-state index >= 15 is 0 Å². The Balaban J connectivity index is 1.87. The van der Waals surface area contributed by atoms with Gasteiger partial charge < -0.3 is 15.8 Å². The van der Waals surface area contributed by atoms with Crippen molar-refractivity contribution in [3.63, 3.8) is 0 Å². The van der Waals surface area contributed by atoms with Crippen LogP contribution in [-0.2, 0) is 12.0 Å². The highest BCUT2D eigenvalue weighted by atomic mass is 16.3. The number of fused-ring (bicyclic) bond motifs is 3. The molecule has 0 aliphatic carbocycles. The zero-order valence-electron chi connectivity index (χ0n) is 16.8. The molecule has 28 heavy (non-hydrogen) atoms. The highest BCUT2D eigenvalue weighted by Crippen LogP contribution is 2.30. The van der Waals surface area contributed by atoms with Gasteiger partial charge in [-0.2, -0.15) is 0 Å². The number of nitrogens with one attached hydrogen (secondary N) is 1. The van der Waals surface area contributed by atoms with Crippen molar-refractivity contribution in [3.05, 3.63) is 54.1 Å². The van der Waals surface area contributed by atoms with Crippen LogP contribution in [0.25, 0.3) is 27.9 Å². The predicted molar refractivity (Wildman–Crippen MR) is 112 cm³/mol. The van der Waals surface area contributed by atoms with Crippen LogP contribution >= 0.6 is 0 Å². The summed E-state index contributed by atoms with van der Waals surface area (Å²) >= 11 is 0. The second-order valence-electron chi connectivity index (χ2n) is 8.71. The number of rotatable bonds is 5. The smallest absolute Gasteiger partial charge is 0.154 e. The second kappa shape index (κ2) is 6.43. The summed E-state index contributed by atoms with van der Waals surface area (Å²) in [5.74, 6) is 0.